The normalized spacial score (nSPS) is 12.7. The molecule has 0 aromatic rings. The summed E-state index contributed by atoms with van der Waals surface area (Å²) >= 11 is 0. The van der Waals surface area contributed by atoms with Gasteiger partial charge in [0.2, 0.25) is 0 Å². The maximum Gasteiger partial charge on any atom is 0.309 e. The van der Waals surface area contributed by atoms with Crippen molar-refractivity contribution < 1.29 is 38.1 Å². The van der Waals surface area contributed by atoms with Crippen molar-refractivity contribution in [3.05, 3.63) is 12.2 Å². The van der Waals surface area contributed by atoms with Crippen LogP contribution in [0.1, 0.15) is 111 Å². The van der Waals surface area contributed by atoms with Gasteiger partial charge in [0.1, 0.15) is 19.3 Å². The highest BCUT2D eigenvalue weighted by molar-refractivity contribution is 5.71. The molecule has 0 N–H and O–H groups in total. The van der Waals surface area contributed by atoms with Crippen molar-refractivity contribution in [1.29, 1.82) is 0 Å². The number of rotatable bonds is 21. The van der Waals surface area contributed by atoms with E-state index in [0.29, 0.717) is 6.42 Å². The molecule has 0 aliphatic rings. The number of hydrogen-bond donors (Lipinski definition) is 0. The number of ether oxygens (including phenoxy) is 4. The molecular formula is C27H46O8. The maximum atomic E-state index is 12.2. The van der Waals surface area contributed by atoms with Crippen molar-refractivity contribution in [2.24, 2.45) is 0 Å². The maximum absolute atomic E-state index is 12.2. The predicted octanol–water partition coefficient (Wildman–Crippen LogP) is 5.60. The molecule has 8 heteroatoms. The first-order valence-corrected chi connectivity index (χ1v) is 13.0. The molecule has 2 atom stereocenters. The highest BCUT2D eigenvalue weighted by Gasteiger charge is 2.21. The van der Waals surface area contributed by atoms with Crippen LogP contribution in [0.5, 0.6) is 0 Å². The Labute approximate surface area is 211 Å². The summed E-state index contributed by atoms with van der Waals surface area (Å²) in [6.45, 7) is 5.53. The van der Waals surface area contributed by atoms with E-state index in [9.17, 15) is 19.2 Å². The van der Waals surface area contributed by atoms with Gasteiger partial charge in [0.15, 0.2) is 6.10 Å². The number of hydrogen-bond acceptors (Lipinski definition) is 8. The van der Waals surface area contributed by atoms with E-state index in [0.717, 1.165) is 32.1 Å². The third kappa shape index (κ3) is 23.1. The minimum Gasteiger partial charge on any atom is -0.462 e. The third-order valence-corrected chi connectivity index (χ3v) is 5.25. The van der Waals surface area contributed by atoms with E-state index in [-0.39, 0.29) is 19.6 Å². The number of unbranched alkanes of at least 4 members (excludes halogenated alkanes) is 9. The Balaban J connectivity index is 4.17. The summed E-state index contributed by atoms with van der Waals surface area (Å²) in [4.78, 5) is 45.8. The molecule has 0 saturated heterocycles. The smallest absolute Gasteiger partial charge is 0.309 e. The van der Waals surface area contributed by atoms with Gasteiger partial charge < -0.3 is 18.9 Å². The third-order valence-electron chi connectivity index (χ3n) is 5.25. The Morgan fingerprint density at radius 1 is 0.629 bits per heavy atom. The lowest BCUT2D eigenvalue weighted by Crippen LogP contribution is -2.31. The quantitative estimate of drug-likeness (QED) is 0.0871. The second-order valence-electron chi connectivity index (χ2n) is 8.82. The summed E-state index contributed by atoms with van der Waals surface area (Å²) in [6.07, 6.45) is 16.4. The number of esters is 4. The average Bonchev–Trinajstić information content (AvgIpc) is 2.77. The topological polar surface area (TPSA) is 105 Å². The minimum atomic E-state index is -0.887. The van der Waals surface area contributed by atoms with E-state index in [1.807, 2.05) is 0 Å². The zero-order valence-corrected chi connectivity index (χ0v) is 22.2. The van der Waals surface area contributed by atoms with Crippen LogP contribution in [-0.4, -0.2) is 49.3 Å². The van der Waals surface area contributed by atoms with Crippen molar-refractivity contribution >= 4 is 23.9 Å². The van der Waals surface area contributed by atoms with Gasteiger partial charge in [-0.1, -0.05) is 57.6 Å². The molecule has 0 aromatic heterocycles. The lowest BCUT2D eigenvalue weighted by atomic mass is 10.1. The lowest BCUT2D eigenvalue weighted by molar-refractivity contribution is -0.166. The first-order valence-electron chi connectivity index (χ1n) is 13.0. The van der Waals surface area contributed by atoms with Gasteiger partial charge in [0.05, 0.1) is 6.42 Å². The summed E-state index contributed by atoms with van der Waals surface area (Å²) in [7, 11) is 0. The van der Waals surface area contributed by atoms with Gasteiger partial charge in [-0.15, -0.1) is 0 Å². The molecule has 0 aliphatic heterocycles. The molecule has 2 unspecified atom stereocenters. The molecular weight excluding hydrogens is 452 g/mol. The van der Waals surface area contributed by atoms with E-state index in [1.54, 1.807) is 0 Å². The monoisotopic (exact) mass is 498 g/mol. The van der Waals surface area contributed by atoms with Crippen LogP contribution in [0, 0.1) is 0 Å². The second kappa shape index (κ2) is 22.1. The van der Waals surface area contributed by atoms with Gasteiger partial charge in [-0.25, -0.2) is 0 Å². The first-order chi connectivity index (χ1) is 16.7. The van der Waals surface area contributed by atoms with Crippen molar-refractivity contribution in [3.63, 3.8) is 0 Å². The van der Waals surface area contributed by atoms with Crippen LogP contribution in [0.25, 0.3) is 0 Å². The first kappa shape index (κ1) is 32.6. The molecule has 0 aliphatic carbocycles. The average molecular weight is 499 g/mol. The van der Waals surface area contributed by atoms with E-state index in [1.165, 1.54) is 59.3 Å². The number of carbonyl (C=O) groups excluding carboxylic acids is 4. The molecule has 202 valence electrons. The Morgan fingerprint density at radius 3 is 1.71 bits per heavy atom. The summed E-state index contributed by atoms with van der Waals surface area (Å²) < 4.78 is 20.2. The second-order valence-corrected chi connectivity index (χ2v) is 8.82. The van der Waals surface area contributed by atoms with E-state index in [2.05, 4.69) is 19.1 Å². The Kier molecular flexibility index (Phi) is 20.6. The van der Waals surface area contributed by atoms with Gasteiger partial charge in [-0.2, -0.15) is 0 Å². The van der Waals surface area contributed by atoms with Gasteiger partial charge in [0, 0.05) is 20.8 Å². The molecule has 0 saturated carbocycles. The van der Waals surface area contributed by atoms with Crippen molar-refractivity contribution in [1.82, 2.24) is 0 Å². The van der Waals surface area contributed by atoms with Gasteiger partial charge in [-0.05, 0) is 38.5 Å². The van der Waals surface area contributed by atoms with Crippen LogP contribution in [0.4, 0.5) is 0 Å². The lowest BCUT2D eigenvalue weighted by Gasteiger charge is -2.19. The van der Waals surface area contributed by atoms with Crippen molar-refractivity contribution in [2.45, 2.75) is 123 Å². The van der Waals surface area contributed by atoms with Crippen molar-refractivity contribution in [2.75, 3.05) is 13.2 Å². The fraction of sp³-hybridized carbons (Fsp3) is 0.778. The Hall–Kier alpha value is -2.38. The summed E-state index contributed by atoms with van der Waals surface area (Å²) in [5.74, 6) is -2.13. The fourth-order valence-electron chi connectivity index (χ4n) is 3.52. The van der Waals surface area contributed by atoms with Crippen LogP contribution in [0.15, 0.2) is 12.2 Å². The molecule has 8 nitrogen and oxygen atoms in total. The molecule has 0 rings (SSSR count). The largest absolute Gasteiger partial charge is 0.462 e. The predicted molar refractivity (Wildman–Crippen MR) is 134 cm³/mol. The molecule has 35 heavy (non-hydrogen) atoms. The molecule has 0 aromatic carbocycles. The van der Waals surface area contributed by atoms with Crippen molar-refractivity contribution in [3.8, 4) is 0 Å². The van der Waals surface area contributed by atoms with Crippen LogP contribution in [0.3, 0.4) is 0 Å². The Bertz CT molecular complexity index is 629. The molecule has 0 radical (unpaired) electrons. The summed E-state index contributed by atoms with van der Waals surface area (Å²) in [5.41, 5.74) is 0. The van der Waals surface area contributed by atoms with E-state index < -0.39 is 36.1 Å². The van der Waals surface area contributed by atoms with Crippen LogP contribution < -0.4 is 0 Å². The van der Waals surface area contributed by atoms with Crippen LogP contribution >= 0.6 is 0 Å². The molecule has 0 bridgehead atoms. The van der Waals surface area contributed by atoms with Gasteiger partial charge in [0.25, 0.3) is 0 Å². The van der Waals surface area contributed by atoms with E-state index >= 15 is 0 Å². The summed E-state index contributed by atoms with van der Waals surface area (Å²) in [5, 5.41) is 0. The Morgan fingerprint density at radius 2 is 1.14 bits per heavy atom. The van der Waals surface area contributed by atoms with Crippen LogP contribution in [-0.2, 0) is 38.1 Å². The standard InChI is InChI=1S/C27H46O8/c1-5-6-7-8-9-10-11-12-13-14-15-16-17-18-25(34-23(3)29)19-27(31)33-21-26(35-24(4)30)20-32-22(2)28/h12-13,25-26H,5-11,14-21H2,1-4H3/b13-12+. The highest BCUT2D eigenvalue weighted by Crippen LogP contribution is 2.14. The minimum absolute atomic E-state index is 0.0852. The van der Waals surface area contributed by atoms with Gasteiger partial charge in [-0.3, -0.25) is 19.2 Å². The van der Waals surface area contributed by atoms with Gasteiger partial charge >= 0.3 is 23.9 Å². The molecule has 0 spiro atoms. The zero-order valence-electron chi connectivity index (χ0n) is 22.2. The highest BCUT2D eigenvalue weighted by atomic mass is 16.6. The molecule has 0 fully saturated rings. The molecule has 0 heterocycles. The zero-order chi connectivity index (χ0) is 26.3. The fourth-order valence-corrected chi connectivity index (χ4v) is 3.52. The number of carbonyl (C=O) groups is 4. The number of allylic oxidation sites excluding steroid dienone is 2. The SMILES string of the molecule is CCCCCCCC/C=C/CCCCCC(CC(=O)OCC(COC(C)=O)OC(C)=O)OC(C)=O. The molecule has 0 amide bonds. The summed E-state index contributed by atoms with van der Waals surface area (Å²) in [6, 6.07) is 0. The van der Waals surface area contributed by atoms with E-state index in [4.69, 9.17) is 18.9 Å². The van der Waals surface area contributed by atoms with Crippen LogP contribution in [0.2, 0.25) is 0 Å².